The van der Waals surface area contributed by atoms with Gasteiger partial charge in [-0.2, -0.15) is 10.4 Å². The largest absolute Gasteiger partial charge is 0.445 e. The maximum Gasteiger partial charge on any atom is 0.410 e. The molecule has 2 amide bonds. The molecule has 2 atom stereocenters. The Balaban J connectivity index is 1.52. The summed E-state index contributed by atoms with van der Waals surface area (Å²) in [5, 5.41) is 17.1. The number of amides is 2. The topological polar surface area (TPSA) is 126 Å². The maximum absolute atomic E-state index is 13.2. The summed E-state index contributed by atoms with van der Waals surface area (Å²) in [6, 6.07) is 16.6. The third-order valence-electron chi connectivity index (χ3n) is 5.66. The van der Waals surface area contributed by atoms with Crippen LogP contribution >= 0.6 is 0 Å². The number of hydrogen-bond donors (Lipinski definition) is 2. The van der Waals surface area contributed by atoms with Crippen molar-refractivity contribution in [1.82, 2.24) is 14.7 Å². The van der Waals surface area contributed by atoms with Crippen molar-refractivity contribution < 1.29 is 18.7 Å². The van der Waals surface area contributed by atoms with Gasteiger partial charge in [-0.15, -0.1) is 0 Å². The second kappa shape index (κ2) is 10.0. The molecule has 1 aromatic heterocycles. The van der Waals surface area contributed by atoms with Gasteiger partial charge in [0.15, 0.2) is 5.82 Å². The molecule has 4 rings (SSSR count). The van der Waals surface area contributed by atoms with E-state index < -0.39 is 29.8 Å². The number of piperidine rings is 1. The van der Waals surface area contributed by atoms with E-state index in [4.69, 9.17) is 10.5 Å². The van der Waals surface area contributed by atoms with Gasteiger partial charge in [0.25, 0.3) is 5.91 Å². The van der Waals surface area contributed by atoms with E-state index in [9.17, 15) is 19.2 Å². The van der Waals surface area contributed by atoms with E-state index in [1.807, 2.05) is 30.3 Å². The summed E-state index contributed by atoms with van der Waals surface area (Å²) in [7, 11) is 0. The Kier molecular flexibility index (Phi) is 6.73. The lowest BCUT2D eigenvalue weighted by molar-refractivity contribution is 0.0714. The van der Waals surface area contributed by atoms with Crippen LogP contribution in [0.25, 0.3) is 0 Å². The fourth-order valence-corrected chi connectivity index (χ4v) is 3.83. The molecule has 2 aromatic carbocycles. The van der Waals surface area contributed by atoms with E-state index in [0.29, 0.717) is 18.7 Å². The SMILES string of the molecule is N#CC1CCN(C(=O)OCc2ccccc2)C[C@H]1n1cc(C(N)=O)c(Nc2ccc(F)cc2)n1. The minimum atomic E-state index is -0.709. The van der Waals surface area contributed by atoms with Gasteiger partial charge >= 0.3 is 6.09 Å². The van der Waals surface area contributed by atoms with E-state index in [1.54, 1.807) is 0 Å². The summed E-state index contributed by atoms with van der Waals surface area (Å²) in [5.74, 6) is -1.36. The predicted octanol–water partition coefficient (Wildman–Crippen LogP) is 3.59. The Labute approximate surface area is 195 Å². The lowest BCUT2D eigenvalue weighted by Gasteiger charge is -2.35. The number of anilines is 2. The van der Waals surface area contributed by atoms with Gasteiger partial charge in [0.1, 0.15) is 18.0 Å². The molecule has 2 heterocycles. The van der Waals surface area contributed by atoms with Crippen molar-refractivity contribution in [2.45, 2.75) is 19.1 Å². The standard InChI is InChI=1S/C24H23FN6O3/c25-18-6-8-19(9-7-18)28-23-20(22(27)32)13-31(29-23)21-14-30(11-10-17(21)12-26)24(33)34-15-16-4-2-1-3-5-16/h1-9,13,17,21H,10-11,14-15H2,(H2,27,32)(H,28,29)/t17?,21-/m1/s1. The molecule has 1 saturated heterocycles. The van der Waals surface area contributed by atoms with E-state index in [-0.39, 0.29) is 24.5 Å². The van der Waals surface area contributed by atoms with Crippen LogP contribution in [-0.2, 0) is 11.3 Å². The molecule has 174 valence electrons. The molecule has 0 aliphatic carbocycles. The van der Waals surface area contributed by atoms with Crippen LogP contribution in [0.4, 0.5) is 20.7 Å². The van der Waals surface area contributed by atoms with Gasteiger partial charge in [0.05, 0.1) is 18.0 Å². The number of halogens is 1. The summed E-state index contributed by atoms with van der Waals surface area (Å²) in [6.07, 6.45) is 1.40. The molecular weight excluding hydrogens is 439 g/mol. The second-order valence-corrected chi connectivity index (χ2v) is 7.95. The van der Waals surface area contributed by atoms with Gasteiger partial charge in [0.2, 0.25) is 0 Å². The highest BCUT2D eigenvalue weighted by atomic mass is 19.1. The monoisotopic (exact) mass is 462 g/mol. The molecule has 3 aromatic rings. The minimum Gasteiger partial charge on any atom is -0.445 e. The Bertz CT molecular complexity index is 1210. The molecule has 9 nitrogen and oxygen atoms in total. The number of primary amides is 1. The van der Waals surface area contributed by atoms with Gasteiger partial charge < -0.3 is 20.7 Å². The van der Waals surface area contributed by atoms with Crippen molar-refractivity contribution >= 4 is 23.5 Å². The van der Waals surface area contributed by atoms with Crippen LogP contribution in [0.3, 0.4) is 0 Å². The number of hydrogen-bond acceptors (Lipinski definition) is 6. The normalized spacial score (nSPS) is 17.6. The zero-order chi connectivity index (χ0) is 24.1. The van der Waals surface area contributed by atoms with E-state index in [2.05, 4.69) is 16.5 Å². The molecule has 1 aliphatic rings. The minimum absolute atomic E-state index is 0.116. The lowest BCUT2D eigenvalue weighted by atomic mass is 9.93. The highest BCUT2D eigenvalue weighted by Gasteiger charge is 2.35. The second-order valence-electron chi connectivity index (χ2n) is 7.95. The average molecular weight is 462 g/mol. The maximum atomic E-state index is 13.2. The molecule has 1 unspecified atom stereocenters. The zero-order valence-corrected chi connectivity index (χ0v) is 18.2. The van der Waals surface area contributed by atoms with Gasteiger partial charge in [-0.1, -0.05) is 30.3 Å². The Morgan fingerprint density at radius 3 is 2.62 bits per heavy atom. The highest BCUT2D eigenvalue weighted by molar-refractivity contribution is 5.98. The smallest absolute Gasteiger partial charge is 0.410 e. The number of carbonyl (C=O) groups excluding carboxylic acids is 2. The van der Waals surface area contributed by atoms with Crippen LogP contribution in [0.15, 0.2) is 60.8 Å². The predicted molar refractivity (Wildman–Crippen MR) is 121 cm³/mol. The molecule has 1 aliphatic heterocycles. The molecule has 1 fully saturated rings. The van der Waals surface area contributed by atoms with Crippen LogP contribution in [0.1, 0.15) is 28.4 Å². The van der Waals surface area contributed by atoms with Crippen molar-refractivity contribution in [1.29, 1.82) is 5.26 Å². The number of rotatable bonds is 6. The van der Waals surface area contributed by atoms with Crippen molar-refractivity contribution in [3.8, 4) is 6.07 Å². The van der Waals surface area contributed by atoms with Gasteiger partial charge in [-0.05, 0) is 36.2 Å². The molecular formula is C24H23FN6O3. The Morgan fingerprint density at radius 2 is 1.94 bits per heavy atom. The first-order valence-corrected chi connectivity index (χ1v) is 10.7. The number of nitrogens with zero attached hydrogens (tertiary/aromatic N) is 4. The fourth-order valence-electron chi connectivity index (χ4n) is 3.83. The number of carbonyl (C=O) groups is 2. The van der Waals surface area contributed by atoms with E-state index in [0.717, 1.165) is 5.56 Å². The first-order valence-electron chi connectivity index (χ1n) is 10.7. The van der Waals surface area contributed by atoms with Crippen molar-refractivity contribution in [2.24, 2.45) is 11.7 Å². The molecule has 34 heavy (non-hydrogen) atoms. The number of nitrogens with one attached hydrogen (secondary N) is 1. The van der Waals surface area contributed by atoms with Crippen molar-refractivity contribution in [3.05, 3.63) is 77.7 Å². The molecule has 0 saturated carbocycles. The number of aromatic nitrogens is 2. The Morgan fingerprint density at radius 1 is 1.21 bits per heavy atom. The number of nitriles is 1. The van der Waals surface area contributed by atoms with Crippen LogP contribution in [0.2, 0.25) is 0 Å². The first-order chi connectivity index (χ1) is 16.4. The summed E-state index contributed by atoms with van der Waals surface area (Å²) < 4.78 is 20.1. The van der Waals surface area contributed by atoms with Gasteiger partial charge in [-0.3, -0.25) is 9.48 Å². The summed E-state index contributed by atoms with van der Waals surface area (Å²) in [5.41, 5.74) is 7.03. The quantitative estimate of drug-likeness (QED) is 0.577. The molecule has 3 N–H and O–H groups in total. The molecule has 0 spiro atoms. The van der Waals surface area contributed by atoms with Crippen LogP contribution in [0, 0.1) is 23.1 Å². The lowest BCUT2D eigenvalue weighted by Crippen LogP contribution is -2.44. The number of benzene rings is 2. The highest BCUT2D eigenvalue weighted by Crippen LogP contribution is 2.30. The third-order valence-corrected chi connectivity index (χ3v) is 5.66. The third kappa shape index (κ3) is 5.15. The van der Waals surface area contributed by atoms with Crippen molar-refractivity contribution in [3.63, 3.8) is 0 Å². The number of ether oxygens (including phenoxy) is 1. The first kappa shape index (κ1) is 22.8. The van der Waals surface area contributed by atoms with Gasteiger partial charge in [-0.25, -0.2) is 9.18 Å². The van der Waals surface area contributed by atoms with E-state index in [1.165, 1.54) is 40.0 Å². The van der Waals surface area contributed by atoms with Crippen molar-refractivity contribution in [2.75, 3.05) is 18.4 Å². The van der Waals surface area contributed by atoms with Crippen LogP contribution in [0.5, 0.6) is 0 Å². The fraction of sp³-hybridized carbons (Fsp3) is 0.250. The molecule has 10 heteroatoms. The number of likely N-dealkylation sites (tertiary alicyclic amines) is 1. The summed E-state index contributed by atoms with van der Waals surface area (Å²) in [4.78, 5) is 26.2. The summed E-state index contributed by atoms with van der Waals surface area (Å²) >= 11 is 0. The van der Waals surface area contributed by atoms with E-state index >= 15 is 0 Å². The van der Waals surface area contributed by atoms with Crippen LogP contribution in [-0.4, -0.2) is 39.8 Å². The number of nitrogens with two attached hydrogens (primary N) is 1. The van der Waals surface area contributed by atoms with Crippen LogP contribution < -0.4 is 11.1 Å². The zero-order valence-electron chi connectivity index (χ0n) is 18.2. The Hall–Kier alpha value is -4.39. The molecule has 0 bridgehead atoms. The van der Waals surface area contributed by atoms with Gasteiger partial charge in [0, 0.05) is 25.0 Å². The molecule has 0 radical (unpaired) electrons. The average Bonchev–Trinajstić information content (AvgIpc) is 3.28. The summed E-state index contributed by atoms with van der Waals surface area (Å²) in [6.45, 7) is 0.691.